The molecule has 1 aromatic carbocycles. The molecule has 1 aliphatic heterocycles. The van der Waals surface area contributed by atoms with Gasteiger partial charge in [0.1, 0.15) is 0 Å². The molecule has 3 rings (SSSR count). The van der Waals surface area contributed by atoms with E-state index in [1.807, 2.05) is 0 Å². The molecule has 1 saturated carbocycles. The summed E-state index contributed by atoms with van der Waals surface area (Å²) in [4.78, 5) is 0. The molecule has 0 spiro atoms. The monoisotopic (exact) mass is 291 g/mol. The van der Waals surface area contributed by atoms with Crippen LogP contribution >= 0.6 is 12.4 Å². The fraction of sp³-hybridized carbons (Fsp3) is 0.538. The first kappa shape index (κ1) is 14.3. The van der Waals surface area contributed by atoms with Crippen molar-refractivity contribution in [1.29, 1.82) is 0 Å². The molecule has 0 radical (unpaired) electrons. The Balaban J connectivity index is 0.00000133. The van der Waals surface area contributed by atoms with E-state index in [2.05, 4.69) is 9.47 Å². The quantitative estimate of drug-likeness (QED) is 0.905. The van der Waals surface area contributed by atoms with Crippen molar-refractivity contribution in [3.8, 4) is 11.5 Å². The molecule has 1 fully saturated rings. The molecule has 2 aliphatic rings. The van der Waals surface area contributed by atoms with E-state index >= 15 is 0 Å². The number of ether oxygens (including phenoxy) is 2. The van der Waals surface area contributed by atoms with Crippen molar-refractivity contribution >= 4 is 12.4 Å². The summed E-state index contributed by atoms with van der Waals surface area (Å²) in [7, 11) is 0. The van der Waals surface area contributed by atoms with E-state index in [0.29, 0.717) is 11.5 Å². The van der Waals surface area contributed by atoms with Gasteiger partial charge < -0.3 is 15.2 Å². The second-order valence-corrected chi connectivity index (χ2v) is 4.91. The third-order valence-corrected chi connectivity index (χ3v) is 3.73. The first-order chi connectivity index (χ1) is 8.57. The van der Waals surface area contributed by atoms with Crippen LogP contribution in [0.4, 0.5) is 8.78 Å². The fourth-order valence-electron chi connectivity index (χ4n) is 2.82. The highest BCUT2D eigenvalue weighted by molar-refractivity contribution is 5.85. The maximum atomic E-state index is 13.1. The van der Waals surface area contributed by atoms with E-state index in [1.54, 1.807) is 12.1 Å². The van der Waals surface area contributed by atoms with Crippen LogP contribution in [-0.4, -0.2) is 6.29 Å². The Kier molecular flexibility index (Phi) is 3.87. The van der Waals surface area contributed by atoms with E-state index in [0.717, 1.165) is 25.7 Å². The number of nitrogens with two attached hydrogens (primary N) is 1. The number of para-hydroxylation sites is 1. The van der Waals surface area contributed by atoms with Crippen LogP contribution in [0.5, 0.6) is 11.5 Å². The molecule has 3 nitrogen and oxygen atoms in total. The lowest BCUT2D eigenvalue weighted by Crippen LogP contribution is -2.26. The van der Waals surface area contributed by atoms with E-state index in [4.69, 9.17) is 5.73 Å². The zero-order valence-corrected chi connectivity index (χ0v) is 11.1. The fourth-order valence-corrected chi connectivity index (χ4v) is 2.82. The summed E-state index contributed by atoms with van der Waals surface area (Å²) < 4.78 is 35.2. The summed E-state index contributed by atoms with van der Waals surface area (Å²) in [6.45, 7) is 0. The standard InChI is InChI=1S/C13H15F2NO2.ClH/c14-13(15)17-10-7-3-6-9(12(10)18-13)11(16)8-4-1-2-5-8;/h3,6-8,11H,1-2,4-5,16H2;1H/t11-;/m1./s1. The number of benzene rings is 1. The van der Waals surface area contributed by atoms with E-state index in [9.17, 15) is 8.78 Å². The topological polar surface area (TPSA) is 44.5 Å². The van der Waals surface area contributed by atoms with Crippen molar-refractivity contribution in [2.24, 2.45) is 11.7 Å². The van der Waals surface area contributed by atoms with Crippen LogP contribution in [0.2, 0.25) is 0 Å². The second-order valence-electron chi connectivity index (χ2n) is 4.91. The molecule has 19 heavy (non-hydrogen) atoms. The molecule has 0 amide bonds. The Labute approximate surface area is 116 Å². The van der Waals surface area contributed by atoms with Crippen molar-refractivity contribution in [3.63, 3.8) is 0 Å². The van der Waals surface area contributed by atoms with Gasteiger partial charge in [-0.3, -0.25) is 0 Å². The van der Waals surface area contributed by atoms with Crippen LogP contribution in [0, 0.1) is 5.92 Å². The molecule has 1 aromatic rings. The first-order valence-corrected chi connectivity index (χ1v) is 6.21. The Morgan fingerprint density at radius 1 is 1.21 bits per heavy atom. The number of hydrogen-bond donors (Lipinski definition) is 1. The van der Waals surface area contributed by atoms with Gasteiger partial charge in [-0.15, -0.1) is 21.2 Å². The highest BCUT2D eigenvalue weighted by Gasteiger charge is 2.45. The number of rotatable bonds is 2. The van der Waals surface area contributed by atoms with Gasteiger partial charge in [-0.2, -0.15) is 0 Å². The van der Waals surface area contributed by atoms with Gasteiger partial charge in [0.2, 0.25) is 0 Å². The number of alkyl halides is 2. The maximum absolute atomic E-state index is 13.1. The van der Waals surface area contributed by atoms with Crippen LogP contribution in [0.1, 0.15) is 37.3 Å². The Bertz CT molecular complexity index is 464. The second kappa shape index (κ2) is 5.13. The molecular weight excluding hydrogens is 276 g/mol. The molecule has 0 saturated heterocycles. The van der Waals surface area contributed by atoms with Gasteiger partial charge in [0.25, 0.3) is 0 Å². The Morgan fingerprint density at radius 2 is 1.89 bits per heavy atom. The Morgan fingerprint density at radius 3 is 2.58 bits per heavy atom. The smallest absolute Gasteiger partial charge is 0.395 e. The van der Waals surface area contributed by atoms with Gasteiger partial charge in [-0.1, -0.05) is 25.0 Å². The number of halogens is 3. The summed E-state index contributed by atoms with van der Waals surface area (Å²) in [5.41, 5.74) is 6.80. The van der Waals surface area contributed by atoms with Crippen LogP contribution in [0.25, 0.3) is 0 Å². The Hall–Kier alpha value is -1.07. The molecule has 0 bridgehead atoms. The summed E-state index contributed by atoms with van der Waals surface area (Å²) in [5.74, 6) is 0.516. The lowest BCUT2D eigenvalue weighted by Gasteiger charge is -2.20. The summed E-state index contributed by atoms with van der Waals surface area (Å²) in [6.07, 6.45) is 0.819. The number of hydrogen-bond acceptors (Lipinski definition) is 3. The zero-order chi connectivity index (χ0) is 12.8. The predicted molar refractivity (Wildman–Crippen MR) is 68.8 cm³/mol. The number of fused-ring (bicyclic) bond motifs is 1. The van der Waals surface area contributed by atoms with E-state index < -0.39 is 6.29 Å². The van der Waals surface area contributed by atoms with Gasteiger partial charge in [-0.05, 0) is 24.8 Å². The van der Waals surface area contributed by atoms with Gasteiger partial charge in [0.05, 0.1) is 0 Å². The lowest BCUT2D eigenvalue weighted by atomic mass is 9.92. The SMILES string of the molecule is Cl.N[C@@H](c1cccc2c1OC(F)(F)O2)C1CCCC1. The van der Waals surface area contributed by atoms with Crippen molar-refractivity contribution in [2.45, 2.75) is 38.0 Å². The average Bonchev–Trinajstić information content (AvgIpc) is 2.91. The predicted octanol–water partition coefficient (Wildman–Crippen LogP) is 3.62. The summed E-state index contributed by atoms with van der Waals surface area (Å²) >= 11 is 0. The largest absolute Gasteiger partial charge is 0.586 e. The minimum atomic E-state index is -3.58. The molecule has 1 aliphatic carbocycles. The highest BCUT2D eigenvalue weighted by atomic mass is 35.5. The van der Waals surface area contributed by atoms with Crippen LogP contribution in [0.15, 0.2) is 18.2 Å². The zero-order valence-electron chi connectivity index (χ0n) is 10.3. The van der Waals surface area contributed by atoms with E-state index in [-0.39, 0.29) is 29.9 Å². The molecule has 2 N–H and O–H groups in total. The molecular formula is C13H16ClF2NO2. The van der Waals surface area contributed by atoms with Gasteiger partial charge in [0, 0.05) is 11.6 Å². The van der Waals surface area contributed by atoms with Crippen LogP contribution in [-0.2, 0) is 0 Å². The highest BCUT2D eigenvalue weighted by Crippen LogP contribution is 2.47. The van der Waals surface area contributed by atoms with Crippen LogP contribution in [0.3, 0.4) is 0 Å². The van der Waals surface area contributed by atoms with Gasteiger partial charge in [-0.25, -0.2) is 0 Å². The van der Waals surface area contributed by atoms with Crippen molar-refractivity contribution in [2.75, 3.05) is 0 Å². The normalized spacial score (nSPS) is 22.1. The molecule has 6 heteroatoms. The van der Waals surface area contributed by atoms with Gasteiger partial charge >= 0.3 is 6.29 Å². The van der Waals surface area contributed by atoms with Gasteiger partial charge in [0.15, 0.2) is 11.5 Å². The minimum absolute atomic E-state index is 0. The third kappa shape index (κ3) is 2.62. The lowest BCUT2D eigenvalue weighted by molar-refractivity contribution is -0.287. The van der Waals surface area contributed by atoms with Crippen LogP contribution < -0.4 is 15.2 Å². The summed E-state index contributed by atoms with van der Waals surface area (Å²) in [5, 5.41) is 0. The maximum Gasteiger partial charge on any atom is 0.586 e. The van der Waals surface area contributed by atoms with E-state index in [1.165, 1.54) is 6.07 Å². The molecule has 1 heterocycles. The van der Waals surface area contributed by atoms with Crippen molar-refractivity contribution in [3.05, 3.63) is 23.8 Å². The summed E-state index contributed by atoms with van der Waals surface area (Å²) in [6, 6.07) is 4.63. The van der Waals surface area contributed by atoms with Crippen molar-refractivity contribution in [1.82, 2.24) is 0 Å². The van der Waals surface area contributed by atoms with Crippen molar-refractivity contribution < 1.29 is 18.3 Å². The third-order valence-electron chi connectivity index (χ3n) is 3.73. The molecule has 1 atom stereocenters. The molecule has 106 valence electrons. The first-order valence-electron chi connectivity index (χ1n) is 6.21. The average molecular weight is 292 g/mol. The molecule has 0 aromatic heterocycles. The minimum Gasteiger partial charge on any atom is -0.395 e. The molecule has 0 unspecified atom stereocenters.